The molecule has 0 spiro atoms. The fraction of sp³-hybridized carbons (Fsp3) is 0.375. The predicted molar refractivity (Wildman–Crippen MR) is 155 cm³/mol. The van der Waals surface area contributed by atoms with Crippen molar-refractivity contribution in [2.45, 2.75) is 64.7 Å². The third-order valence-electron chi connectivity index (χ3n) is 7.44. The number of anilines is 1. The number of carbonyl (C=O) groups is 1. The summed E-state index contributed by atoms with van der Waals surface area (Å²) in [4.78, 5) is 24.2. The first-order valence-electron chi connectivity index (χ1n) is 14.0. The zero-order chi connectivity index (χ0) is 28.2. The van der Waals surface area contributed by atoms with E-state index >= 15 is 0 Å². The lowest BCUT2D eigenvalue weighted by Crippen LogP contribution is -2.35. The third-order valence-corrected chi connectivity index (χ3v) is 7.44. The molecule has 3 heterocycles. The quantitative estimate of drug-likeness (QED) is 0.166. The number of halogens is 1. The average molecular weight is 542 g/mol. The summed E-state index contributed by atoms with van der Waals surface area (Å²) in [7, 11) is 0. The van der Waals surface area contributed by atoms with Gasteiger partial charge in [-0.2, -0.15) is 4.98 Å². The Balaban J connectivity index is 1.34. The molecule has 0 bridgehead atoms. The van der Waals surface area contributed by atoms with Gasteiger partial charge in [0.05, 0.1) is 11.5 Å². The van der Waals surface area contributed by atoms with Gasteiger partial charge in [0.25, 0.3) is 0 Å². The summed E-state index contributed by atoms with van der Waals surface area (Å²) in [6.45, 7) is 11.8. The molecule has 5 rings (SSSR count). The number of nitrogens with zero attached hydrogens (tertiary/aromatic N) is 5. The molecule has 1 saturated carbocycles. The Morgan fingerprint density at radius 3 is 2.80 bits per heavy atom. The number of imidazole rings is 1. The van der Waals surface area contributed by atoms with Gasteiger partial charge in [0, 0.05) is 55.4 Å². The van der Waals surface area contributed by atoms with Crippen molar-refractivity contribution in [3.05, 3.63) is 90.8 Å². The lowest BCUT2D eigenvalue weighted by molar-refractivity contribution is -0.118. The molecule has 1 aliphatic carbocycles. The Labute approximate surface area is 234 Å². The van der Waals surface area contributed by atoms with E-state index in [0.717, 1.165) is 65.2 Å². The zero-order valence-corrected chi connectivity index (χ0v) is 23.3. The summed E-state index contributed by atoms with van der Waals surface area (Å²) in [5.74, 6) is 1.34. The summed E-state index contributed by atoms with van der Waals surface area (Å²) in [6, 6.07) is 10.0. The highest BCUT2D eigenvalue weighted by molar-refractivity contribution is 5.94. The fourth-order valence-electron chi connectivity index (χ4n) is 5.04. The molecule has 0 saturated heterocycles. The second-order valence-electron chi connectivity index (χ2n) is 10.8. The molecule has 208 valence electrons. The Kier molecular flexibility index (Phi) is 8.24. The molecule has 1 fully saturated rings. The van der Waals surface area contributed by atoms with Gasteiger partial charge in [0.1, 0.15) is 5.65 Å². The summed E-state index contributed by atoms with van der Waals surface area (Å²) < 4.78 is 20.9. The van der Waals surface area contributed by atoms with Crippen molar-refractivity contribution in [3.8, 4) is 11.1 Å². The molecule has 1 aliphatic rings. The first-order valence-corrected chi connectivity index (χ1v) is 14.0. The van der Waals surface area contributed by atoms with Crippen LogP contribution >= 0.6 is 0 Å². The molecule has 0 N–H and O–H groups in total. The van der Waals surface area contributed by atoms with Gasteiger partial charge in [-0.25, -0.2) is 9.37 Å². The minimum Gasteiger partial charge on any atom is -0.339 e. The second kappa shape index (κ2) is 12.0. The molecule has 0 radical (unpaired) electrons. The van der Waals surface area contributed by atoms with Crippen LogP contribution in [-0.2, 0) is 11.2 Å². The van der Waals surface area contributed by atoms with Crippen LogP contribution < -0.4 is 4.90 Å². The highest BCUT2D eigenvalue weighted by Crippen LogP contribution is 2.38. The molecule has 1 unspecified atom stereocenters. The van der Waals surface area contributed by atoms with Gasteiger partial charge in [0.2, 0.25) is 11.8 Å². The van der Waals surface area contributed by atoms with Crippen LogP contribution in [0, 0.1) is 19.8 Å². The number of pyridine rings is 1. The van der Waals surface area contributed by atoms with Gasteiger partial charge in [0.15, 0.2) is 5.82 Å². The van der Waals surface area contributed by atoms with E-state index in [-0.39, 0.29) is 24.7 Å². The van der Waals surface area contributed by atoms with E-state index in [1.807, 2.05) is 47.9 Å². The number of hydrogen-bond acceptors (Lipinski definition) is 5. The molecule has 0 aliphatic heterocycles. The van der Waals surface area contributed by atoms with Crippen molar-refractivity contribution in [3.63, 3.8) is 0 Å². The summed E-state index contributed by atoms with van der Waals surface area (Å²) >= 11 is 0. The van der Waals surface area contributed by atoms with Crippen LogP contribution in [0.2, 0.25) is 0 Å². The largest absolute Gasteiger partial charge is 0.339 e. The van der Waals surface area contributed by atoms with Crippen molar-refractivity contribution in [2.75, 3.05) is 11.4 Å². The molecule has 1 aromatic carbocycles. The number of aromatic nitrogens is 4. The molecule has 4 aromatic rings. The summed E-state index contributed by atoms with van der Waals surface area (Å²) in [5.41, 5.74) is 5.77. The van der Waals surface area contributed by atoms with E-state index < -0.39 is 5.83 Å². The smallest absolute Gasteiger partial charge is 0.227 e. The van der Waals surface area contributed by atoms with Crippen LogP contribution in [0.4, 0.5) is 10.1 Å². The average Bonchev–Trinajstić information content (AvgIpc) is 3.57. The summed E-state index contributed by atoms with van der Waals surface area (Å²) in [6.07, 6.45) is 10.6. The second-order valence-corrected chi connectivity index (χ2v) is 10.8. The van der Waals surface area contributed by atoms with Crippen molar-refractivity contribution in [2.24, 2.45) is 5.92 Å². The number of carbonyl (C=O) groups excluding carboxylic acids is 1. The van der Waals surface area contributed by atoms with E-state index in [0.29, 0.717) is 24.8 Å². The molecule has 40 heavy (non-hydrogen) atoms. The first-order chi connectivity index (χ1) is 19.3. The van der Waals surface area contributed by atoms with Crippen molar-refractivity contribution in [1.82, 2.24) is 19.5 Å². The van der Waals surface area contributed by atoms with Crippen LogP contribution in [-0.4, -0.2) is 32.0 Å². The van der Waals surface area contributed by atoms with E-state index in [9.17, 15) is 9.18 Å². The predicted octanol–water partition coefficient (Wildman–Crippen LogP) is 7.30. The maximum absolute atomic E-state index is 13.5. The van der Waals surface area contributed by atoms with E-state index in [1.165, 1.54) is 0 Å². The van der Waals surface area contributed by atoms with Crippen LogP contribution in [0.1, 0.15) is 67.4 Å². The lowest BCUT2D eigenvalue weighted by atomic mass is 9.99. The Hall–Kier alpha value is -4.07. The standard InChI is InChI=1S/C32H36FN5O2/c1-5-24(8-6-11-30-35-32(36-40-30)25-13-14-25)19-38(31(39)15-12-22(3)33)27-10-7-9-26(17-27)28-20-37-18-23(4)34-29(37)16-21(28)2/h5,7,9-10,16-18,20,24-25H,1,3,6,8,11-15,19H2,2,4H3. The topological polar surface area (TPSA) is 76.5 Å². The molecule has 7 nitrogen and oxygen atoms in total. The fourth-order valence-corrected chi connectivity index (χ4v) is 5.04. The monoisotopic (exact) mass is 541 g/mol. The van der Waals surface area contributed by atoms with Crippen molar-refractivity contribution >= 4 is 17.2 Å². The Morgan fingerprint density at radius 2 is 2.05 bits per heavy atom. The number of benzene rings is 1. The maximum Gasteiger partial charge on any atom is 0.227 e. The van der Waals surface area contributed by atoms with Crippen LogP contribution in [0.5, 0.6) is 0 Å². The molecular weight excluding hydrogens is 505 g/mol. The number of allylic oxidation sites excluding steroid dienone is 1. The Bertz CT molecular complexity index is 1530. The molecule has 1 amide bonds. The van der Waals surface area contributed by atoms with Gasteiger partial charge < -0.3 is 13.8 Å². The highest BCUT2D eigenvalue weighted by Gasteiger charge is 2.28. The van der Waals surface area contributed by atoms with Gasteiger partial charge in [-0.05, 0) is 74.8 Å². The van der Waals surface area contributed by atoms with Crippen molar-refractivity contribution < 1.29 is 13.7 Å². The Morgan fingerprint density at radius 1 is 1.23 bits per heavy atom. The minimum atomic E-state index is -0.494. The number of rotatable bonds is 13. The third kappa shape index (κ3) is 6.55. The number of fused-ring (bicyclic) bond motifs is 1. The maximum atomic E-state index is 13.5. The SMILES string of the molecule is C=CC(CCCc1nc(C2CC2)no1)CN(C(=O)CCC(=C)F)c1cccc(-c2cn3cc(C)nc3cc2C)c1. The van der Waals surface area contributed by atoms with Gasteiger partial charge in [-0.1, -0.05) is 29.9 Å². The van der Waals surface area contributed by atoms with Crippen LogP contribution in [0.3, 0.4) is 0 Å². The molecular formula is C32H36FN5O2. The zero-order valence-electron chi connectivity index (χ0n) is 23.3. The molecule has 8 heteroatoms. The molecule has 1 atom stereocenters. The van der Waals surface area contributed by atoms with Crippen molar-refractivity contribution in [1.29, 1.82) is 0 Å². The van der Waals surface area contributed by atoms with E-state index in [2.05, 4.69) is 47.5 Å². The van der Waals surface area contributed by atoms with Gasteiger partial charge >= 0.3 is 0 Å². The van der Waals surface area contributed by atoms with E-state index in [1.54, 1.807) is 4.90 Å². The van der Waals surface area contributed by atoms with Crippen LogP contribution in [0.15, 0.2) is 72.3 Å². The molecule has 3 aromatic heterocycles. The number of hydrogen-bond donors (Lipinski definition) is 0. The van der Waals surface area contributed by atoms with Gasteiger partial charge in [-0.3, -0.25) is 4.79 Å². The normalized spacial score (nSPS) is 13.9. The van der Waals surface area contributed by atoms with Crippen LogP contribution in [0.25, 0.3) is 16.8 Å². The number of amides is 1. The van der Waals surface area contributed by atoms with Gasteiger partial charge in [-0.15, -0.1) is 6.58 Å². The van der Waals surface area contributed by atoms with E-state index in [4.69, 9.17) is 4.52 Å². The highest BCUT2D eigenvalue weighted by atomic mass is 19.1. The minimum absolute atomic E-state index is 0.00399. The lowest BCUT2D eigenvalue weighted by Gasteiger charge is -2.27. The number of aryl methyl sites for hydroxylation is 3. The summed E-state index contributed by atoms with van der Waals surface area (Å²) in [5, 5.41) is 4.10. The first kappa shape index (κ1) is 27.5.